The number of allylic oxidation sites excluding steroid dienone is 1. The zero-order chi connectivity index (χ0) is 13.4. The Balaban J connectivity index is 5.14. The van der Waals surface area contributed by atoms with E-state index in [1.54, 1.807) is 0 Å². The molecule has 0 rings (SSSR count). The van der Waals surface area contributed by atoms with E-state index in [9.17, 15) is 0 Å². The Kier molecular flexibility index (Phi) is 4.56. The predicted octanol–water partition coefficient (Wildman–Crippen LogP) is 3.82. The van der Waals surface area contributed by atoms with Crippen molar-refractivity contribution in [1.82, 2.24) is 4.90 Å². The molecule has 1 nitrogen and oxygen atoms in total. The fourth-order valence-electron chi connectivity index (χ4n) is 2.22. The molecular weight excluding hydrogens is 213 g/mol. The van der Waals surface area contributed by atoms with Crippen molar-refractivity contribution >= 4 is 13.2 Å². The summed E-state index contributed by atoms with van der Waals surface area (Å²) in [6.45, 7) is 17.1. The average molecular weight is 243 g/mol. The molecule has 0 spiro atoms. The van der Waals surface area contributed by atoms with Crippen LogP contribution in [0.4, 0.5) is 0 Å². The van der Waals surface area contributed by atoms with Crippen molar-refractivity contribution < 1.29 is 0 Å². The molecule has 0 aliphatic heterocycles. The minimum Gasteiger partial charge on any atom is -0.381 e. The van der Waals surface area contributed by atoms with Crippen molar-refractivity contribution in [2.45, 2.75) is 27.7 Å². The van der Waals surface area contributed by atoms with Crippen LogP contribution < -0.4 is 0 Å². The molecule has 0 aromatic carbocycles. The van der Waals surface area contributed by atoms with Gasteiger partial charge in [-0.2, -0.15) is 0 Å². The molecule has 0 N–H and O–H groups in total. The van der Waals surface area contributed by atoms with E-state index in [1.165, 1.54) is 11.9 Å². The van der Waals surface area contributed by atoms with E-state index in [0.717, 1.165) is 0 Å². The fraction of sp³-hybridized carbons (Fsp3) is 0.786. The van der Waals surface area contributed by atoms with Gasteiger partial charge < -0.3 is 4.90 Å². The molecule has 0 aliphatic carbocycles. The van der Waals surface area contributed by atoms with Gasteiger partial charge in [0.1, 0.15) is 0 Å². The average Bonchev–Trinajstić information content (AvgIpc) is 1.97. The molecule has 0 aromatic rings. The van der Waals surface area contributed by atoms with E-state index < -0.39 is 6.89 Å². The summed E-state index contributed by atoms with van der Waals surface area (Å²) in [7, 11) is 4.15. The van der Waals surface area contributed by atoms with Crippen LogP contribution in [0.3, 0.4) is 0 Å². The Bertz CT molecular complexity index is 305. The molecule has 0 saturated heterocycles. The summed E-state index contributed by atoms with van der Waals surface area (Å²) in [5.41, 5.74) is 1.53. The third-order valence-electron chi connectivity index (χ3n) is 3.78. The van der Waals surface area contributed by atoms with E-state index in [2.05, 4.69) is 72.9 Å². The fourth-order valence-corrected chi connectivity index (χ4v) is 4.75. The summed E-state index contributed by atoms with van der Waals surface area (Å²) in [6, 6.07) is 0. The maximum absolute atomic E-state index is 4.34. The van der Waals surface area contributed by atoms with E-state index in [0.29, 0.717) is 0 Å². The minimum atomic E-state index is -1.01. The van der Waals surface area contributed by atoms with E-state index in [4.69, 9.17) is 0 Å². The monoisotopic (exact) mass is 243 g/mol. The lowest BCUT2D eigenvalue weighted by atomic mass is 9.67. The van der Waals surface area contributed by atoms with Crippen LogP contribution in [0.15, 0.2) is 12.3 Å². The molecule has 96 valence electrons. The third-order valence-corrected chi connectivity index (χ3v) is 5.42. The first kappa shape index (κ1) is 15.8. The lowest BCUT2D eigenvalue weighted by Gasteiger charge is -2.47. The third kappa shape index (κ3) is 3.70. The smallest absolute Gasteiger partial charge is 0.0117 e. The first-order chi connectivity index (χ1) is 6.81. The second kappa shape index (κ2) is 4.61. The Hall–Kier alpha value is -0.160. The second-order valence-electron chi connectivity index (χ2n) is 6.94. The second-order valence-corrected chi connectivity index (χ2v) is 11.1. The van der Waals surface area contributed by atoms with Crippen molar-refractivity contribution in [2.24, 2.45) is 10.8 Å². The van der Waals surface area contributed by atoms with Crippen LogP contribution >= 0.6 is 6.89 Å². The summed E-state index contributed by atoms with van der Waals surface area (Å²) < 4.78 is 0. The Morgan fingerprint density at radius 3 is 1.75 bits per heavy atom. The van der Waals surface area contributed by atoms with Gasteiger partial charge >= 0.3 is 0 Å². The molecule has 2 heteroatoms. The van der Waals surface area contributed by atoms with Crippen LogP contribution in [0.2, 0.25) is 0 Å². The van der Waals surface area contributed by atoms with Crippen molar-refractivity contribution in [3.63, 3.8) is 0 Å². The topological polar surface area (TPSA) is 3.24 Å². The van der Waals surface area contributed by atoms with Crippen LogP contribution in [-0.4, -0.2) is 44.8 Å². The Morgan fingerprint density at radius 2 is 1.50 bits per heavy atom. The minimum absolute atomic E-state index is 0.103. The van der Waals surface area contributed by atoms with Crippen molar-refractivity contribution in [3.05, 3.63) is 12.3 Å². The highest BCUT2D eigenvalue weighted by molar-refractivity contribution is 7.72. The molecule has 0 fully saturated rings. The largest absolute Gasteiger partial charge is 0.381 e. The number of nitrogens with zero attached hydrogens (tertiary/aromatic N) is 1. The molecule has 0 heterocycles. The van der Waals surface area contributed by atoms with Crippen LogP contribution in [0, 0.1) is 10.8 Å². The molecule has 0 aliphatic rings. The molecular formula is C14H30NP. The van der Waals surface area contributed by atoms with Crippen molar-refractivity contribution in [1.29, 1.82) is 0 Å². The molecule has 0 amide bonds. The summed E-state index contributed by atoms with van der Waals surface area (Å²) >= 11 is 0. The molecule has 0 saturated carbocycles. The van der Waals surface area contributed by atoms with Gasteiger partial charge in [0.2, 0.25) is 0 Å². The first-order valence-corrected chi connectivity index (χ1v) is 8.91. The van der Waals surface area contributed by atoms with Crippen LogP contribution in [0.1, 0.15) is 27.7 Å². The first-order valence-electron chi connectivity index (χ1n) is 5.85. The molecule has 16 heavy (non-hydrogen) atoms. The normalized spacial score (nSPS) is 13.8. The van der Waals surface area contributed by atoms with Gasteiger partial charge in [0.25, 0.3) is 0 Å². The van der Waals surface area contributed by atoms with Crippen molar-refractivity contribution in [3.8, 4) is 0 Å². The van der Waals surface area contributed by atoms with Gasteiger partial charge in [-0.1, -0.05) is 34.3 Å². The maximum atomic E-state index is 4.34. The van der Waals surface area contributed by atoms with Crippen LogP contribution in [0.5, 0.6) is 0 Å². The summed E-state index contributed by atoms with van der Waals surface area (Å²) in [5, 5.41) is 0. The summed E-state index contributed by atoms with van der Waals surface area (Å²) in [6.07, 6.45) is 5.54. The van der Waals surface area contributed by atoms with Crippen LogP contribution in [0.25, 0.3) is 0 Å². The molecule has 0 bridgehead atoms. The summed E-state index contributed by atoms with van der Waals surface area (Å²) in [4.78, 5) is 2.14. The quantitative estimate of drug-likeness (QED) is 0.663. The standard InChI is InChI=1S/C14H30NP/c1-12(15(6)7)14(4,5)13(2,3)11-16(8,9)10/h1,8,11H2,2-7,9-10H3. The zero-order valence-corrected chi connectivity index (χ0v) is 13.4. The lowest BCUT2D eigenvalue weighted by molar-refractivity contribution is 0.147. The Labute approximate surface area is 103 Å². The molecule has 0 radical (unpaired) electrons. The van der Waals surface area contributed by atoms with E-state index >= 15 is 0 Å². The summed E-state index contributed by atoms with van der Waals surface area (Å²) in [5.74, 6) is 0. The maximum Gasteiger partial charge on any atom is 0.0117 e. The van der Waals surface area contributed by atoms with E-state index in [-0.39, 0.29) is 10.8 Å². The SMILES string of the molecule is C=C(N(C)C)C(C)(C)C(C)(C)CP(=C)(C)C. The van der Waals surface area contributed by atoms with E-state index in [1.807, 2.05) is 0 Å². The number of hydrogen-bond donors (Lipinski definition) is 0. The zero-order valence-electron chi connectivity index (χ0n) is 12.5. The predicted molar refractivity (Wildman–Crippen MR) is 81.1 cm³/mol. The van der Waals surface area contributed by atoms with Gasteiger partial charge in [0.05, 0.1) is 0 Å². The van der Waals surface area contributed by atoms with Gasteiger partial charge in [0.15, 0.2) is 0 Å². The van der Waals surface area contributed by atoms with Gasteiger partial charge in [-0.3, -0.25) is 0 Å². The Morgan fingerprint density at radius 1 is 1.12 bits per heavy atom. The van der Waals surface area contributed by atoms with Crippen molar-refractivity contribution in [2.75, 3.05) is 33.6 Å². The van der Waals surface area contributed by atoms with Gasteiger partial charge in [-0.05, 0) is 24.9 Å². The van der Waals surface area contributed by atoms with Crippen LogP contribution in [-0.2, 0) is 0 Å². The van der Waals surface area contributed by atoms with Gasteiger partial charge in [-0.25, -0.2) is 0 Å². The molecule has 0 atom stereocenters. The highest BCUT2D eigenvalue weighted by Gasteiger charge is 2.40. The number of hydrogen-bond acceptors (Lipinski definition) is 1. The molecule has 0 unspecified atom stereocenters. The van der Waals surface area contributed by atoms with Gasteiger partial charge in [-0.15, -0.1) is 13.2 Å². The lowest BCUT2D eigenvalue weighted by Crippen LogP contribution is -2.40. The number of rotatable bonds is 5. The highest BCUT2D eigenvalue weighted by Crippen LogP contribution is 2.52. The van der Waals surface area contributed by atoms with Gasteiger partial charge in [0, 0.05) is 25.2 Å². The highest BCUT2D eigenvalue weighted by atomic mass is 31.2. The molecule has 0 aromatic heterocycles.